The highest BCUT2D eigenvalue weighted by Gasteiger charge is 2.55. The maximum Gasteiger partial charge on any atom is 0.271 e. The molecule has 1 aromatic rings. The summed E-state index contributed by atoms with van der Waals surface area (Å²) < 4.78 is 0.325. The zero-order valence-electron chi connectivity index (χ0n) is 14.4. The van der Waals surface area contributed by atoms with Gasteiger partial charge < -0.3 is 5.11 Å². The summed E-state index contributed by atoms with van der Waals surface area (Å²) in [6.07, 6.45) is 9.51. The van der Waals surface area contributed by atoms with Crippen molar-refractivity contribution in [1.82, 2.24) is 0 Å². The second kappa shape index (κ2) is 5.79. The van der Waals surface area contributed by atoms with Gasteiger partial charge in [-0.1, -0.05) is 6.92 Å². The van der Waals surface area contributed by atoms with Gasteiger partial charge in [-0.25, -0.2) is 0 Å². The van der Waals surface area contributed by atoms with Crippen molar-refractivity contribution < 1.29 is 10.0 Å². The Labute approximate surface area is 155 Å². The molecule has 5 rings (SSSR count). The molecule has 4 aliphatic carbocycles. The fourth-order valence-electron chi connectivity index (χ4n) is 6.26. The summed E-state index contributed by atoms with van der Waals surface area (Å²) in [4.78, 5) is 15.2. The number of halogens is 1. The largest absolute Gasteiger partial charge is 0.506 e. The number of non-ortho nitro benzene ring substituents is 1. The maximum atomic E-state index is 11.0. The summed E-state index contributed by atoms with van der Waals surface area (Å²) >= 11 is 3.18. The molecular formula is C19H23BrN2O3. The van der Waals surface area contributed by atoms with E-state index in [2.05, 4.69) is 27.8 Å². The Morgan fingerprint density at radius 2 is 2.04 bits per heavy atom. The van der Waals surface area contributed by atoms with Gasteiger partial charge in [0.2, 0.25) is 0 Å². The lowest BCUT2D eigenvalue weighted by atomic mass is 9.45. The van der Waals surface area contributed by atoms with Crippen molar-refractivity contribution >= 4 is 27.8 Å². The normalized spacial score (nSPS) is 36.2. The number of phenols is 1. The monoisotopic (exact) mass is 406 g/mol. The molecule has 4 fully saturated rings. The van der Waals surface area contributed by atoms with Crippen molar-refractivity contribution in [1.29, 1.82) is 0 Å². The first-order chi connectivity index (χ1) is 11.8. The number of nitrogens with zero attached hydrogens (tertiary/aromatic N) is 2. The van der Waals surface area contributed by atoms with E-state index in [1.807, 2.05) is 0 Å². The minimum absolute atomic E-state index is 0.00632. The van der Waals surface area contributed by atoms with E-state index in [9.17, 15) is 15.2 Å². The number of phenolic OH excluding ortho intramolecular Hbond substituents is 1. The summed E-state index contributed by atoms with van der Waals surface area (Å²) in [6.45, 7) is 3.20. The van der Waals surface area contributed by atoms with Crippen LogP contribution in [0.5, 0.6) is 5.75 Å². The lowest BCUT2D eigenvalue weighted by molar-refractivity contribution is -0.385. The van der Waals surface area contributed by atoms with Gasteiger partial charge in [-0.05, 0) is 77.1 Å². The minimum Gasteiger partial charge on any atom is -0.506 e. The number of benzene rings is 1. The van der Waals surface area contributed by atoms with Gasteiger partial charge in [0.25, 0.3) is 5.69 Å². The Kier molecular flexibility index (Phi) is 3.94. The van der Waals surface area contributed by atoms with Crippen LogP contribution in [0.3, 0.4) is 0 Å². The van der Waals surface area contributed by atoms with Crippen molar-refractivity contribution in [3.05, 3.63) is 32.3 Å². The Hall–Kier alpha value is -1.43. The van der Waals surface area contributed by atoms with E-state index >= 15 is 0 Å². The highest BCUT2D eigenvalue weighted by molar-refractivity contribution is 9.10. The Morgan fingerprint density at radius 1 is 1.36 bits per heavy atom. The second-order valence-corrected chi connectivity index (χ2v) is 9.72. The lowest BCUT2D eigenvalue weighted by Crippen LogP contribution is -2.51. The van der Waals surface area contributed by atoms with Crippen LogP contribution in [0.4, 0.5) is 5.69 Å². The van der Waals surface area contributed by atoms with E-state index in [1.54, 1.807) is 6.21 Å². The van der Waals surface area contributed by atoms with E-state index in [1.165, 1.54) is 50.7 Å². The summed E-state index contributed by atoms with van der Waals surface area (Å²) in [5.74, 6) is 1.70. The predicted molar refractivity (Wildman–Crippen MR) is 100 cm³/mol. The highest BCUT2D eigenvalue weighted by atomic mass is 79.9. The topological polar surface area (TPSA) is 75.7 Å². The molecule has 4 bridgehead atoms. The van der Waals surface area contributed by atoms with E-state index < -0.39 is 4.92 Å². The quantitative estimate of drug-likeness (QED) is 0.429. The number of nitro groups is 1. The SMILES string of the molecule is CC12CC3CC(C1)CC(CN=Cc1cc([N+](=O)[O-])cc(Br)c1O)(C3)C2. The van der Waals surface area contributed by atoms with Gasteiger partial charge >= 0.3 is 0 Å². The molecule has 0 radical (unpaired) electrons. The smallest absolute Gasteiger partial charge is 0.271 e. The van der Waals surface area contributed by atoms with E-state index in [4.69, 9.17) is 0 Å². The third kappa shape index (κ3) is 3.09. The van der Waals surface area contributed by atoms with Crippen molar-refractivity contribution in [2.45, 2.75) is 45.4 Å². The molecule has 4 aliphatic rings. The Morgan fingerprint density at radius 3 is 2.64 bits per heavy atom. The average Bonchev–Trinajstić information content (AvgIpc) is 2.48. The van der Waals surface area contributed by atoms with Gasteiger partial charge in [0.15, 0.2) is 0 Å². The Bertz CT molecular complexity index is 747. The zero-order valence-corrected chi connectivity index (χ0v) is 16.0. The minimum atomic E-state index is -0.457. The van der Waals surface area contributed by atoms with Crippen molar-refractivity contribution in [2.75, 3.05) is 6.54 Å². The van der Waals surface area contributed by atoms with Crippen LogP contribution < -0.4 is 0 Å². The number of aliphatic imine (C=N–C) groups is 1. The van der Waals surface area contributed by atoms with Gasteiger partial charge in [-0.2, -0.15) is 0 Å². The Balaban J connectivity index is 1.55. The third-order valence-electron chi connectivity index (χ3n) is 6.42. The summed E-state index contributed by atoms with van der Waals surface area (Å²) in [7, 11) is 0. The number of rotatable bonds is 4. The molecule has 4 saturated carbocycles. The molecule has 2 atom stereocenters. The van der Waals surface area contributed by atoms with Gasteiger partial charge in [0.05, 0.1) is 9.40 Å². The molecule has 0 saturated heterocycles. The number of nitro benzene ring substituents is 1. The second-order valence-electron chi connectivity index (χ2n) is 8.86. The summed E-state index contributed by atoms with van der Waals surface area (Å²) in [5.41, 5.74) is 1.13. The number of hydrogen-bond acceptors (Lipinski definition) is 4. The molecule has 5 nitrogen and oxygen atoms in total. The van der Waals surface area contributed by atoms with E-state index in [-0.39, 0.29) is 11.4 Å². The van der Waals surface area contributed by atoms with Gasteiger partial charge in [0, 0.05) is 30.5 Å². The van der Waals surface area contributed by atoms with Crippen molar-refractivity contribution in [3.63, 3.8) is 0 Å². The molecule has 2 unspecified atom stereocenters. The molecule has 1 aromatic carbocycles. The third-order valence-corrected chi connectivity index (χ3v) is 7.02. The summed E-state index contributed by atoms with van der Waals surface area (Å²) in [5, 5.41) is 21.2. The van der Waals surface area contributed by atoms with Crippen molar-refractivity contribution in [3.8, 4) is 5.75 Å². The molecular weight excluding hydrogens is 384 g/mol. The van der Waals surface area contributed by atoms with Gasteiger partial charge in [-0.3, -0.25) is 15.1 Å². The molecule has 1 N–H and O–H groups in total. The van der Waals surface area contributed by atoms with Crippen LogP contribution >= 0.6 is 15.9 Å². The van der Waals surface area contributed by atoms with Crippen LogP contribution in [0.25, 0.3) is 0 Å². The van der Waals surface area contributed by atoms with Crippen LogP contribution in [-0.4, -0.2) is 22.8 Å². The molecule has 0 aliphatic heterocycles. The van der Waals surface area contributed by atoms with E-state index in [0.717, 1.165) is 18.4 Å². The zero-order chi connectivity index (χ0) is 17.8. The molecule has 6 heteroatoms. The fraction of sp³-hybridized carbons (Fsp3) is 0.632. The lowest BCUT2D eigenvalue weighted by Gasteiger charge is -2.61. The van der Waals surface area contributed by atoms with Crippen molar-refractivity contribution in [2.24, 2.45) is 27.7 Å². The van der Waals surface area contributed by atoms with Crippen LogP contribution in [-0.2, 0) is 0 Å². The predicted octanol–water partition coefficient (Wildman–Crippen LogP) is 5.09. The molecule has 134 valence electrons. The van der Waals surface area contributed by atoms with Crippen LogP contribution in [0.1, 0.15) is 51.0 Å². The maximum absolute atomic E-state index is 11.0. The van der Waals surface area contributed by atoms with E-state index in [0.29, 0.717) is 20.9 Å². The summed E-state index contributed by atoms with van der Waals surface area (Å²) in [6, 6.07) is 2.69. The first kappa shape index (κ1) is 17.0. The molecule has 0 spiro atoms. The number of hydrogen-bond donors (Lipinski definition) is 1. The first-order valence-corrected chi connectivity index (χ1v) is 9.74. The number of aromatic hydroxyl groups is 1. The van der Waals surface area contributed by atoms with Crippen LogP contribution in [0, 0.1) is 32.8 Å². The average molecular weight is 407 g/mol. The first-order valence-electron chi connectivity index (χ1n) is 8.94. The standard InChI is InChI=1S/C19H23BrN2O3/c1-18-5-12-2-13(6-18)8-19(7-12,10-18)11-21-9-14-3-15(22(24)25)4-16(20)17(14)23/h3-4,9,12-13,23H,2,5-8,10-11H2,1H3. The highest BCUT2D eigenvalue weighted by Crippen LogP contribution is 2.65. The van der Waals surface area contributed by atoms with Gasteiger partial charge in [-0.15, -0.1) is 0 Å². The van der Waals surface area contributed by atoms with Crippen LogP contribution in [0.2, 0.25) is 0 Å². The van der Waals surface area contributed by atoms with Crippen LogP contribution in [0.15, 0.2) is 21.6 Å². The molecule has 0 heterocycles. The molecule has 25 heavy (non-hydrogen) atoms. The molecule has 0 amide bonds. The molecule has 0 aromatic heterocycles. The van der Waals surface area contributed by atoms with Gasteiger partial charge in [0.1, 0.15) is 5.75 Å². The fourth-order valence-corrected chi connectivity index (χ4v) is 6.72.